The largest absolute Gasteiger partial charge is 0.282 e. The molecule has 0 amide bonds. The molecule has 0 N–H and O–H groups in total. The van der Waals surface area contributed by atoms with E-state index in [9.17, 15) is 8.42 Å². The van der Waals surface area contributed by atoms with Crippen molar-refractivity contribution in [1.29, 1.82) is 0 Å². The predicted molar refractivity (Wildman–Crippen MR) is 89.9 cm³/mol. The summed E-state index contributed by atoms with van der Waals surface area (Å²) in [6.45, 7) is 1.91. The van der Waals surface area contributed by atoms with Crippen molar-refractivity contribution in [3.05, 3.63) is 77.9 Å². The first-order chi connectivity index (χ1) is 10.6. The number of hydrogen-bond acceptors (Lipinski definition) is 2. The van der Waals surface area contributed by atoms with Gasteiger partial charge in [-0.05, 0) is 29.8 Å². The summed E-state index contributed by atoms with van der Waals surface area (Å²) >= 11 is 0. The van der Waals surface area contributed by atoms with E-state index in [0.29, 0.717) is 0 Å². The molecule has 0 aliphatic carbocycles. The molecule has 0 aromatic heterocycles. The average Bonchev–Trinajstić information content (AvgIpc) is 2.53. The molecule has 0 aliphatic rings. The molecule has 3 aromatic rings. The zero-order valence-corrected chi connectivity index (χ0v) is 12.9. The van der Waals surface area contributed by atoms with Gasteiger partial charge in [-0.15, -0.1) is 0 Å². The van der Waals surface area contributed by atoms with Crippen molar-refractivity contribution >= 4 is 27.0 Å². The standard InChI is InChI=1S/C18H15NO2S/c1-14-9-11-17(12-10-14)22(20,21)19-13-16-7-4-6-15-5-2-3-8-18(15)16/h2-13H,1H3/b19-13+. The molecule has 0 bridgehead atoms. The summed E-state index contributed by atoms with van der Waals surface area (Å²) in [6, 6.07) is 20.2. The van der Waals surface area contributed by atoms with Crippen molar-refractivity contribution in [3.63, 3.8) is 0 Å². The number of sulfonamides is 1. The van der Waals surface area contributed by atoms with E-state index in [1.807, 2.05) is 49.4 Å². The molecular weight excluding hydrogens is 294 g/mol. The molecule has 3 rings (SSSR count). The van der Waals surface area contributed by atoms with Crippen molar-refractivity contribution in [3.8, 4) is 0 Å². The van der Waals surface area contributed by atoms with Crippen molar-refractivity contribution in [2.75, 3.05) is 0 Å². The molecule has 110 valence electrons. The van der Waals surface area contributed by atoms with Crippen LogP contribution in [0.4, 0.5) is 0 Å². The lowest BCUT2D eigenvalue weighted by Crippen LogP contribution is -1.98. The van der Waals surface area contributed by atoms with Crippen molar-refractivity contribution in [1.82, 2.24) is 0 Å². The van der Waals surface area contributed by atoms with Gasteiger partial charge in [0.1, 0.15) is 0 Å². The van der Waals surface area contributed by atoms with Crippen molar-refractivity contribution in [2.24, 2.45) is 4.40 Å². The summed E-state index contributed by atoms with van der Waals surface area (Å²) in [5.74, 6) is 0. The first-order valence-corrected chi connectivity index (χ1v) is 8.35. The maximum Gasteiger partial charge on any atom is 0.282 e. The van der Waals surface area contributed by atoms with E-state index in [1.54, 1.807) is 24.3 Å². The highest BCUT2D eigenvalue weighted by Crippen LogP contribution is 2.18. The Morgan fingerprint density at radius 2 is 1.55 bits per heavy atom. The van der Waals surface area contributed by atoms with Gasteiger partial charge in [0, 0.05) is 11.8 Å². The molecule has 0 unspecified atom stereocenters. The zero-order chi connectivity index (χ0) is 15.6. The van der Waals surface area contributed by atoms with Gasteiger partial charge in [0.05, 0.1) is 4.90 Å². The summed E-state index contributed by atoms with van der Waals surface area (Å²) in [7, 11) is -3.67. The molecule has 3 nitrogen and oxygen atoms in total. The first-order valence-electron chi connectivity index (χ1n) is 6.91. The monoisotopic (exact) mass is 309 g/mol. The Balaban J connectivity index is 2.00. The van der Waals surface area contributed by atoms with Crippen molar-refractivity contribution < 1.29 is 8.42 Å². The first kappa shape index (κ1) is 14.5. The second-order valence-corrected chi connectivity index (χ2v) is 6.72. The molecule has 3 aromatic carbocycles. The minimum absolute atomic E-state index is 0.203. The molecule has 0 aliphatic heterocycles. The Bertz CT molecular complexity index is 937. The van der Waals surface area contributed by atoms with Gasteiger partial charge in [-0.2, -0.15) is 12.8 Å². The van der Waals surface area contributed by atoms with Crippen LogP contribution in [-0.2, 0) is 10.0 Å². The Kier molecular flexibility index (Phi) is 3.77. The normalized spacial score (nSPS) is 12.0. The van der Waals surface area contributed by atoms with E-state index in [4.69, 9.17) is 0 Å². The predicted octanol–water partition coefficient (Wildman–Crippen LogP) is 3.96. The smallest absolute Gasteiger partial charge is 0.199 e. The van der Waals surface area contributed by atoms with Gasteiger partial charge in [-0.1, -0.05) is 60.2 Å². The summed E-state index contributed by atoms with van der Waals surface area (Å²) < 4.78 is 28.3. The van der Waals surface area contributed by atoms with E-state index >= 15 is 0 Å². The lowest BCUT2D eigenvalue weighted by molar-refractivity contribution is 0.598. The second-order valence-electron chi connectivity index (χ2n) is 5.09. The molecule has 0 heterocycles. The van der Waals surface area contributed by atoms with Gasteiger partial charge in [0.25, 0.3) is 10.0 Å². The minimum atomic E-state index is -3.67. The van der Waals surface area contributed by atoms with E-state index in [2.05, 4.69) is 4.40 Å². The second kappa shape index (κ2) is 5.73. The molecule has 0 atom stereocenters. The van der Waals surface area contributed by atoms with Gasteiger partial charge >= 0.3 is 0 Å². The molecule has 0 saturated heterocycles. The third kappa shape index (κ3) is 2.92. The van der Waals surface area contributed by atoms with Crippen molar-refractivity contribution in [2.45, 2.75) is 11.8 Å². The van der Waals surface area contributed by atoms with Crippen LogP contribution in [0.3, 0.4) is 0 Å². The number of rotatable bonds is 3. The van der Waals surface area contributed by atoms with Gasteiger partial charge in [0.15, 0.2) is 0 Å². The number of nitrogens with zero attached hydrogens (tertiary/aromatic N) is 1. The van der Waals surface area contributed by atoms with E-state index < -0.39 is 10.0 Å². The highest BCUT2D eigenvalue weighted by molar-refractivity contribution is 7.90. The highest BCUT2D eigenvalue weighted by Gasteiger charge is 2.11. The summed E-state index contributed by atoms with van der Waals surface area (Å²) in [6.07, 6.45) is 1.41. The van der Waals surface area contributed by atoms with Crippen LogP contribution >= 0.6 is 0 Å². The summed E-state index contributed by atoms with van der Waals surface area (Å²) in [4.78, 5) is 0.203. The van der Waals surface area contributed by atoms with Crippen LogP contribution in [0.5, 0.6) is 0 Å². The van der Waals surface area contributed by atoms with Gasteiger partial charge in [-0.25, -0.2) is 0 Å². The lowest BCUT2D eigenvalue weighted by atomic mass is 10.1. The third-order valence-electron chi connectivity index (χ3n) is 3.47. The Morgan fingerprint density at radius 3 is 2.32 bits per heavy atom. The fourth-order valence-corrected chi connectivity index (χ4v) is 3.11. The van der Waals surface area contributed by atoms with Crippen LogP contribution < -0.4 is 0 Å². The maximum absolute atomic E-state index is 12.3. The van der Waals surface area contributed by atoms with Crippen LogP contribution in [0, 0.1) is 6.92 Å². The van der Waals surface area contributed by atoms with Crippen LogP contribution in [-0.4, -0.2) is 14.6 Å². The van der Waals surface area contributed by atoms with Gasteiger partial charge < -0.3 is 0 Å². The molecule has 4 heteroatoms. The molecule has 22 heavy (non-hydrogen) atoms. The van der Waals surface area contributed by atoms with Crippen LogP contribution in [0.1, 0.15) is 11.1 Å². The Hall–Kier alpha value is -2.46. The van der Waals surface area contributed by atoms with E-state index in [1.165, 1.54) is 6.21 Å². The number of benzene rings is 3. The van der Waals surface area contributed by atoms with Crippen LogP contribution in [0.15, 0.2) is 76.0 Å². The summed E-state index contributed by atoms with van der Waals surface area (Å²) in [5.41, 5.74) is 1.80. The zero-order valence-electron chi connectivity index (χ0n) is 12.1. The van der Waals surface area contributed by atoms with Crippen LogP contribution in [0.25, 0.3) is 10.8 Å². The van der Waals surface area contributed by atoms with E-state index in [0.717, 1.165) is 21.9 Å². The van der Waals surface area contributed by atoms with E-state index in [-0.39, 0.29) is 4.90 Å². The number of hydrogen-bond donors (Lipinski definition) is 0. The van der Waals surface area contributed by atoms with Gasteiger partial charge in [0.2, 0.25) is 0 Å². The molecule has 0 fully saturated rings. The average molecular weight is 309 g/mol. The third-order valence-corrected chi connectivity index (χ3v) is 4.72. The molecule has 0 spiro atoms. The minimum Gasteiger partial charge on any atom is -0.199 e. The van der Waals surface area contributed by atoms with Gasteiger partial charge in [-0.3, -0.25) is 0 Å². The molecule has 0 radical (unpaired) electrons. The topological polar surface area (TPSA) is 46.5 Å². The Labute approximate surface area is 130 Å². The number of aryl methyl sites for hydroxylation is 1. The SMILES string of the molecule is Cc1ccc(S(=O)(=O)/N=C/c2cccc3ccccc23)cc1. The molecule has 0 saturated carbocycles. The summed E-state index contributed by atoms with van der Waals surface area (Å²) in [5, 5.41) is 2.03. The quantitative estimate of drug-likeness (QED) is 0.688. The lowest BCUT2D eigenvalue weighted by Gasteiger charge is -2.02. The highest BCUT2D eigenvalue weighted by atomic mass is 32.2. The maximum atomic E-state index is 12.3. The fraction of sp³-hybridized carbons (Fsp3) is 0.0556. The fourth-order valence-electron chi connectivity index (χ4n) is 2.26. The van der Waals surface area contributed by atoms with Crippen LogP contribution in [0.2, 0.25) is 0 Å². The molecular formula is C18H15NO2S. The number of fused-ring (bicyclic) bond motifs is 1. The Morgan fingerprint density at radius 1 is 0.864 bits per heavy atom.